The summed E-state index contributed by atoms with van der Waals surface area (Å²) < 4.78 is 0. The summed E-state index contributed by atoms with van der Waals surface area (Å²) in [5.41, 5.74) is 4.52. The van der Waals surface area contributed by atoms with Crippen molar-refractivity contribution in [3.63, 3.8) is 0 Å². The average molecular weight is 402 g/mol. The number of urea groups is 1. The molecule has 2 aromatic heterocycles. The van der Waals surface area contributed by atoms with Gasteiger partial charge in [0.25, 0.3) is 0 Å². The zero-order chi connectivity index (χ0) is 21.7. The largest absolute Gasteiger partial charge is 0.324 e. The lowest BCUT2D eigenvalue weighted by Gasteiger charge is -2.18. The molecule has 0 atom stereocenters. The van der Waals surface area contributed by atoms with Gasteiger partial charge >= 0.3 is 6.03 Å². The molecule has 0 aliphatic rings. The lowest BCUT2D eigenvalue weighted by atomic mass is 10.1. The number of aromatic nitrogens is 3. The van der Waals surface area contributed by atoms with Crippen LogP contribution >= 0.6 is 0 Å². The Kier molecular flexibility index (Phi) is 6.17. The molecular weight excluding hydrogens is 380 g/mol. The van der Waals surface area contributed by atoms with Gasteiger partial charge < -0.3 is 10.2 Å². The number of carbonyl (C=O) groups excluding carboxylic acids is 2. The third-order valence-electron chi connectivity index (χ3n) is 4.40. The molecule has 3 amide bonds. The Morgan fingerprint density at radius 2 is 1.87 bits per heavy atom. The number of rotatable bonds is 5. The molecule has 30 heavy (non-hydrogen) atoms. The van der Waals surface area contributed by atoms with E-state index in [4.69, 9.17) is 0 Å². The molecule has 8 nitrogen and oxygen atoms in total. The molecule has 3 aromatic rings. The molecule has 1 aromatic carbocycles. The van der Waals surface area contributed by atoms with Crippen LogP contribution in [0.15, 0.2) is 61.6 Å². The van der Waals surface area contributed by atoms with Gasteiger partial charge in [0, 0.05) is 24.0 Å². The van der Waals surface area contributed by atoms with Crippen LogP contribution in [0.1, 0.15) is 11.3 Å². The summed E-state index contributed by atoms with van der Waals surface area (Å²) in [5.74, 6) is 0.123. The van der Waals surface area contributed by atoms with Gasteiger partial charge in [-0.15, -0.1) is 0 Å². The first-order chi connectivity index (χ1) is 14.4. The Balaban J connectivity index is 1.75. The number of pyridine rings is 1. The summed E-state index contributed by atoms with van der Waals surface area (Å²) in [6.45, 7) is 7.29. The Morgan fingerprint density at radius 1 is 1.07 bits per heavy atom. The highest BCUT2D eigenvalue weighted by Gasteiger charge is 2.12. The monoisotopic (exact) mass is 402 g/mol. The van der Waals surface area contributed by atoms with Crippen LogP contribution < -0.4 is 15.5 Å². The number of carbonyl (C=O) groups is 2. The molecule has 0 saturated carbocycles. The lowest BCUT2D eigenvalue weighted by molar-refractivity contribution is -0.113. The second-order valence-corrected chi connectivity index (χ2v) is 6.66. The minimum atomic E-state index is -0.441. The molecule has 0 aliphatic carbocycles. The Bertz CT molecular complexity index is 1100. The van der Waals surface area contributed by atoms with Crippen molar-refractivity contribution in [2.45, 2.75) is 13.8 Å². The maximum atomic E-state index is 12.2. The topological polar surface area (TPSA) is 100 Å². The van der Waals surface area contributed by atoms with Gasteiger partial charge in [-0.25, -0.2) is 9.78 Å². The molecule has 0 fully saturated rings. The van der Waals surface area contributed by atoms with Crippen molar-refractivity contribution < 1.29 is 9.59 Å². The van der Waals surface area contributed by atoms with Crippen LogP contribution in [0.2, 0.25) is 0 Å². The van der Waals surface area contributed by atoms with Crippen LogP contribution in [-0.2, 0) is 4.79 Å². The number of amides is 3. The predicted molar refractivity (Wildman–Crippen MR) is 117 cm³/mol. The first kappa shape index (κ1) is 20.7. The third-order valence-corrected chi connectivity index (χ3v) is 4.40. The van der Waals surface area contributed by atoms with E-state index < -0.39 is 6.03 Å². The third kappa shape index (κ3) is 4.85. The van der Waals surface area contributed by atoms with E-state index in [1.54, 1.807) is 25.5 Å². The van der Waals surface area contributed by atoms with Crippen molar-refractivity contribution in [3.05, 3.63) is 72.8 Å². The van der Waals surface area contributed by atoms with E-state index in [9.17, 15) is 9.59 Å². The fraction of sp³-hybridized carbons (Fsp3) is 0.136. The van der Waals surface area contributed by atoms with Crippen LogP contribution in [0.4, 0.5) is 22.0 Å². The van der Waals surface area contributed by atoms with E-state index in [2.05, 4.69) is 32.2 Å². The van der Waals surface area contributed by atoms with Crippen molar-refractivity contribution in [1.29, 1.82) is 0 Å². The molecule has 8 heteroatoms. The number of hydrogen-bond donors (Lipinski definition) is 2. The van der Waals surface area contributed by atoms with Gasteiger partial charge in [-0.1, -0.05) is 12.6 Å². The standard InChI is InChI=1S/C22H22N6O2/c1-5-21(29)28(4)19-9-7-16(10-14(19)2)18-12-23-13-20(26-18)27-22(30)25-17-8-6-15(3)24-11-17/h5-13H,1H2,2-4H3,(H2,25,26,27,30). The fourth-order valence-corrected chi connectivity index (χ4v) is 2.83. The van der Waals surface area contributed by atoms with E-state index in [1.165, 1.54) is 17.2 Å². The van der Waals surface area contributed by atoms with Crippen molar-refractivity contribution >= 4 is 29.1 Å². The van der Waals surface area contributed by atoms with Crippen LogP contribution in [0.3, 0.4) is 0 Å². The molecule has 2 N–H and O–H groups in total. The number of likely N-dealkylation sites (N-methyl/N-ethyl adjacent to an activating group) is 1. The van der Waals surface area contributed by atoms with Crippen LogP contribution in [-0.4, -0.2) is 33.9 Å². The summed E-state index contributed by atoms with van der Waals surface area (Å²) in [4.78, 5) is 38.4. The molecule has 152 valence electrons. The Morgan fingerprint density at radius 3 is 2.53 bits per heavy atom. The number of aryl methyl sites for hydroxylation is 2. The maximum Gasteiger partial charge on any atom is 0.324 e. The van der Waals surface area contributed by atoms with Gasteiger partial charge in [-0.3, -0.25) is 20.1 Å². The van der Waals surface area contributed by atoms with Crippen LogP contribution in [0, 0.1) is 13.8 Å². The van der Waals surface area contributed by atoms with Gasteiger partial charge in [0.2, 0.25) is 5.91 Å². The minimum absolute atomic E-state index is 0.188. The Hall–Kier alpha value is -4.07. The fourth-order valence-electron chi connectivity index (χ4n) is 2.83. The van der Waals surface area contributed by atoms with Crippen molar-refractivity contribution in [2.75, 3.05) is 22.6 Å². The summed E-state index contributed by atoms with van der Waals surface area (Å²) in [6, 6.07) is 8.73. The van der Waals surface area contributed by atoms with Crippen molar-refractivity contribution in [3.8, 4) is 11.3 Å². The molecule has 0 saturated heterocycles. The number of anilines is 3. The smallest absolute Gasteiger partial charge is 0.312 e. The first-order valence-electron chi connectivity index (χ1n) is 9.21. The van der Waals surface area contributed by atoms with Gasteiger partial charge in [-0.2, -0.15) is 0 Å². The van der Waals surface area contributed by atoms with Gasteiger partial charge in [0.05, 0.1) is 30.0 Å². The number of nitrogens with zero attached hydrogens (tertiary/aromatic N) is 4. The highest BCUT2D eigenvalue weighted by atomic mass is 16.2. The summed E-state index contributed by atoms with van der Waals surface area (Å²) >= 11 is 0. The highest BCUT2D eigenvalue weighted by Crippen LogP contribution is 2.26. The quantitative estimate of drug-likeness (QED) is 0.630. The molecule has 3 rings (SSSR count). The van der Waals surface area contributed by atoms with Crippen LogP contribution in [0.5, 0.6) is 0 Å². The highest BCUT2D eigenvalue weighted by molar-refractivity contribution is 6.01. The number of benzene rings is 1. The van der Waals surface area contributed by atoms with Gasteiger partial charge in [0.15, 0.2) is 5.82 Å². The number of hydrogen-bond acceptors (Lipinski definition) is 5. The second-order valence-electron chi connectivity index (χ2n) is 6.66. The molecule has 0 spiro atoms. The molecule has 0 aliphatic heterocycles. The second kappa shape index (κ2) is 8.95. The van der Waals surface area contributed by atoms with Crippen molar-refractivity contribution in [1.82, 2.24) is 15.0 Å². The average Bonchev–Trinajstić information content (AvgIpc) is 2.74. The first-order valence-corrected chi connectivity index (χ1v) is 9.21. The predicted octanol–water partition coefficient (Wildman–Crippen LogP) is 3.95. The van der Waals surface area contributed by atoms with E-state index >= 15 is 0 Å². The molecular formula is C22H22N6O2. The minimum Gasteiger partial charge on any atom is -0.312 e. The summed E-state index contributed by atoms with van der Waals surface area (Å²) in [5, 5.41) is 5.36. The molecule has 0 radical (unpaired) electrons. The van der Waals surface area contributed by atoms with E-state index in [-0.39, 0.29) is 5.91 Å². The molecule has 0 unspecified atom stereocenters. The van der Waals surface area contributed by atoms with E-state index in [0.29, 0.717) is 17.2 Å². The normalized spacial score (nSPS) is 10.2. The zero-order valence-electron chi connectivity index (χ0n) is 17.0. The molecule has 2 heterocycles. The summed E-state index contributed by atoms with van der Waals surface area (Å²) in [6.07, 6.45) is 5.93. The zero-order valence-corrected chi connectivity index (χ0v) is 17.0. The van der Waals surface area contributed by atoms with E-state index in [0.717, 1.165) is 22.5 Å². The van der Waals surface area contributed by atoms with Gasteiger partial charge in [0.1, 0.15) is 0 Å². The lowest BCUT2D eigenvalue weighted by Crippen LogP contribution is -2.24. The maximum absolute atomic E-state index is 12.2. The van der Waals surface area contributed by atoms with Crippen LogP contribution in [0.25, 0.3) is 11.3 Å². The number of nitrogens with one attached hydrogen (secondary N) is 2. The van der Waals surface area contributed by atoms with Crippen molar-refractivity contribution in [2.24, 2.45) is 0 Å². The Labute approximate surface area is 174 Å². The summed E-state index contributed by atoms with van der Waals surface area (Å²) in [7, 11) is 1.69. The van der Waals surface area contributed by atoms with E-state index in [1.807, 2.05) is 38.1 Å². The van der Waals surface area contributed by atoms with Gasteiger partial charge in [-0.05, 0) is 49.8 Å². The molecule has 0 bridgehead atoms. The SMILES string of the molecule is C=CC(=O)N(C)c1ccc(-c2cncc(NC(=O)Nc3ccc(C)nc3)n2)cc1C.